The summed E-state index contributed by atoms with van der Waals surface area (Å²) in [6.07, 6.45) is 6.39. The number of nitrogens with zero attached hydrogens (tertiary/aromatic N) is 2. The Labute approximate surface area is 111 Å². The van der Waals surface area contributed by atoms with Crippen molar-refractivity contribution in [3.05, 3.63) is 30.1 Å². The summed E-state index contributed by atoms with van der Waals surface area (Å²) in [6, 6.07) is 4.77. The van der Waals surface area contributed by atoms with E-state index in [-0.39, 0.29) is 0 Å². The lowest BCUT2D eigenvalue weighted by Gasteiger charge is -2.34. The van der Waals surface area contributed by atoms with Crippen LogP contribution in [0, 0.1) is 5.92 Å². The van der Waals surface area contributed by atoms with Crippen LogP contribution in [0.3, 0.4) is 0 Å². The fourth-order valence-electron chi connectivity index (χ4n) is 2.72. The highest BCUT2D eigenvalue weighted by atomic mass is 15.1. The number of rotatable bonds is 5. The molecule has 3 nitrogen and oxygen atoms in total. The van der Waals surface area contributed by atoms with Crippen LogP contribution in [0.1, 0.15) is 32.3 Å². The van der Waals surface area contributed by atoms with Crippen molar-refractivity contribution in [2.45, 2.75) is 39.3 Å². The highest BCUT2D eigenvalue weighted by Gasteiger charge is 2.22. The van der Waals surface area contributed by atoms with Gasteiger partial charge in [-0.3, -0.25) is 4.98 Å². The van der Waals surface area contributed by atoms with Crippen molar-refractivity contribution in [2.75, 3.05) is 19.6 Å². The molecule has 0 aliphatic carbocycles. The molecule has 1 aromatic heterocycles. The van der Waals surface area contributed by atoms with Gasteiger partial charge in [0.05, 0.1) is 0 Å². The topological polar surface area (TPSA) is 28.2 Å². The van der Waals surface area contributed by atoms with Crippen molar-refractivity contribution in [3.8, 4) is 0 Å². The third kappa shape index (κ3) is 3.79. The first-order valence-electron chi connectivity index (χ1n) is 7.14. The quantitative estimate of drug-likeness (QED) is 0.865. The molecule has 0 amide bonds. The second kappa shape index (κ2) is 6.86. The Morgan fingerprint density at radius 3 is 2.61 bits per heavy atom. The van der Waals surface area contributed by atoms with E-state index in [2.05, 4.69) is 41.2 Å². The summed E-state index contributed by atoms with van der Waals surface area (Å²) in [4.78, 5) is 6.59. The lowest BCUT2D eigenvalue weighted by Crippen LogP contribution is -2.41. The fraction of sp³-hybridized carbons (Fsp3) is 0.667. The van der Waals surface area contributed by atoms with Gasteiger partial charge in [-0.25, -0.2) is 0 Å². The minimum atomic E-state index is 0.608. The molecule has 1 N–H and O–H groups in total. The molecule has 0 spiro atoms. The van der Waals surface area contributed by atoms with Gasteiger partial charge in [-0.1, -0.05) is 6.92 Å². The standard InChI is InChI=1S/C15H25N3/c1-3-18-10-6-15(7-11-18)13(2)17-12-14-4-8-16-9-5-14/h4-5,8-9,13,15,17H,3,6-7,10-12H2,1-2H3. The van der Waals surface area contributed by atoms with Crippen LogP contribution in [-0.4, -0.2) is 35.6 Å². The Morgan fingerprint density at radius 1 is 1.33 bits per heavy atom. The SMILES string of the molecule is CCN1CCC(C(C)NCc2ccncc2)CC1. The molecule has 1 aromatic rings. The first-order valence-corrected chi connectivity index (χ1v) is 7.14. The zero-order valence-corrected chi connectivity index (χ0v) is 11.6. The van der Waals surface area contributed by atoms with Crippen LogP contribution in [0.25, 0.3) is 0 Å². The van der Waals surface area contributed by atoms with Gasteiger partial charge in [0, 0.05) is 25.0 Å². The van der Waals surface area contributed by atoms with Gasteiger partial charge in [0.15, 0.2) is 0 Å². The van der Waals surface area contributed by atoms with Crippen molar-refractivity contribution in [1.82, 2.24) is 15.2 Å². The molecule has 2 heterocycles. The molecule has 2 rings (SSSR count). The molecular weight excluding hydrogens is 222 g/mol. The Hall–Kier alpha value is -0.930. The summed E-state index contributed by atoms with van der Waals surface area (Å²) >= 11 is 0. The van der Waals surface area contributed by atoms with E-state index in [4.69, 9.17) is 0 Å². The average Bonchev–Trinajstić information content (AvgIpc) is 2.46. The summed E-state index contributed by atoms with van der Waals surface area (Å²) < 4.78 is 0. The number of pyridine rings is 1. The minimum Gasteiger partial charge on any atom is -0.310 e. The van der Waals surface area contributed by atoms with Crippen molar-refractivity contribution in [2.24, 2.45) is 5.92 Å². The maximum absolute atomic E-state index is 4.05. The largest absolute Gasteiger partial charge is 0.310 e. The van der Waals surface area contributed by atoms with Gasteiger partial charge in [-0.05, 0) is 63.0 Å². The lowest BCUT2D eigenvalue weighted by molar-refractivity contribution is 0.168. The van der Waals surface area contributed by atoms with Crippen molar-refractivity contribution < 1.29 is 0 Å². The molecule has 3 heteroatoms. The number of aromatic nitrogens is 1. The average molecular weight is 247 g/mol. The van der Waals surface area contributed by atoms with Gasteiger partial charge in [0.25, 0.3) is 0 Å². The van der Waals surface area contributed by atoms with E-state index >= 15 is 0 Å². The third-order valence-electron chi connectivity index (χ3n) is 4.16. The molecule has 1 atom stereocenters. The van der Waals surface area contributed by atoms with E-state index in [1.807, 2.05) is 12.4 Å². The number of hydrogen-bond donors (Lipinski definition) is 1. The smallest absolute Gasteiger partial charge is 0.0271 e. The zero-order valence-electron chi connectivity index (χ0n) is 11.6. The second-order valence-corrected chi connectivity index (χ2v) is 5.30. The highest BCUT2D eigenvalue weighted by Crippen LogP contribution is 2.20. The zero-order chi connectivity index (χ0) is 12.8. The van der Waals surface area contributed by atoms with Crippen LogP contribution in [0.15, 0.2) is 24.5 Å². The Kier molecular flexibility index (Phi) is 5.14. The molecule has 0 radical (unpaired) electrons. The Balaban J connectivity index is 1.73. The summed E-state index contributed by atoms with van der Waals surface area (Å²) in [6.45, 7) is 9.27. The number of hydrogen-bond acceptors (Lipinski definition) is 3. The number of piperidine rings is 1. The molecule has 1 saturated heterocycles. The molecule has 1 fully saturated rings. The molecule has 1 unspecified atom stereocenters. The van der Waals surface area contributed by atoms with Crippen LogP contribution < -0.4 is 5.32 Å². The Morgan fingerprint density at radius 2 is 2.00 bits per heavy atom. The van der Waals surface area contributed by atoms with Crippen LogP contribution in [-0.2, 0) is 6.54 Å². The molecule has 1 aliphatic rings. The lowest BCUT2D eigenvalue weighted by atomic mass is 9.90. The van der Waals surface area contributed by atoms with Gasteiger partial charge in [-0.2, -0.15) is 0 Å². The number of likely N-dealkylation sites (tertiary alicyclic amines) is 1. The van der Waals surface area contributed by atoms with Gasteiger partial charge in [0.2, 0.25) is 0 Å². The first-order chi connectivity index (χ1) is 8.79. The summed E-state index contributed by atoms with van der Waals surface area (Å²) in [5.74, 6) is 0.828. The predicted molar refractivity (Wildman–Crippen MR) is 75.4 cm³/mol. The highest BCUT2D eigenvalue weighted by molar-refractivity contribution is 5.09. The van der Waals surface area contributed by atoms with Crippen molar-refractivity contribution in [3.63, 3.8) is 0 Å². The van der Waals surface area contributed by atoms with Gasteiger partial charge in [0.1, 0.15) is 0 Å². The van der Waals surface area contributed by atoms with Crippen molar-refractivity contribution in [1.29, 1.82) is 0 Å². The normalized spacial score (nSPS) is 19.9. The number of nitrogens with one attached hydrogen (secondary N) is 1. The maximum Gasteiger partial charge on any atom is 0.0271 e. The third-order valence-corrected chi connectivity index (χ3v) is 4.16. The van der Waals surface area contributed by atoms with E-state index in [1.54, 1.807) is 0 Å². The van der Waals surface area contributed by atoms with E-state index < -0.39 is 0 Å². The van der Waals surface area contributed by atoms with Crippen LogP contribution in [0.2, 0.25) is 0 Å². The molecule has 100 valence electrons. The summed E-state index contributed by atoms with van der Waals surface area (Å²) in [5, 5.41) is 3.66. The first kappa shape index (κ1) is 13.5. The van der Waals surface area contributed by atoms with E-state index in [9.17, 15) is 0 Å². The molecule has 0 saturated carbocycles. The molecular formula is C15H25N3. The molecule has 0 bridgehead atoms. The summed E-state index contributed by atoms with van der Waals surface area (Å²) in [7, 11) is 0. The maximum atomic E-state index is 4.05. The molecule has 1 aliphatic heterocycles. The van der Waals surface area contributed by atoms with Crippen LogP contribution in [0.4, 0.5) is 0 Å². The van der Waals surface area contributed by atoms with Gasteiger partial charge >= 0.3 is 0 Å². The van der Waals surface area contributed by atoms with E-state index in [0.717, 1.165) is 12.5 Å². The van der Waals surface area contributed by atoms with Gasteiger partial charge < -0.3 is 10.2 Å². The predicted octanol–water partition coefficient (Wildman–Crippen LogP) is 2.29. The fourth-order valence-corrected chi connectivity index (χ4v) is 2.72. The van der Waals surface area contributed by atoms with E-state index in [1.165, 1.54) is 38.0 Å². The van der Waals surface area contributed by atoms with Crippen molar-refractivity contribution >= 4 is 0 Å². The molecule has 18 heavy (non-hydrogen) atoms. The summed E-state index contributed by atoms with van der Waals surface area (Å²) in [5.41, 5.74) is 1.32. The van der Waals surface area contributed by atoms with E-state index in [0.29, 0.717) is 6.04 Å². The Bertz CT molecular complexity index is 331. The van der Waals surface area contributed by atoms with Crippen LogP contribution >= 0.6 is 0 Å². The van der Waals surface area contributed by atoms with Crippen LogP contribution in [0.5, 0.6) is 0 Å². The second-order valence-electron chi connectivity index (χ2n) is 5.30. The minimum absolute atomic E-state index is 0.608. The molecule has 0 aromatic carbocycles. The monoisotopic (exact) mass is 247 g/mol. The van der Waals surface area contributed by atoms with Gasteiger partial charge in [-0.15, -0.1) is 0 Å².